The summed E-state index contributed by atoms with van der Waals surface area (Å²) < 4.78 is 46.3. The molecule has 0 aliphatic carbocycles. The molecule has 0 amide bonds. The molecule has 1 aliphatic rings. The number of thioether (sulfide) groups is 1. The Morgan fingerprint density at radius 1 is 1.43 bits per heavy atom. The molecule has 1 N–H and O–H groups in total. The van der Waals surface area contributed by atoms with Gasteiger partial charge in [0.15, 0.2) is 0 Å². The normalized spacial score (nSPS) is 20.5. The molecular weight excluding hydrogens is 235 g/mol. The standard InChI is InChI=1S/C7H12F3NOS2/c8-7(9,10)13-1-2-14(12)5-6-3-11-4-6/h6,11H,1-5H2. The van der Waals surface area contributed by atoms with Crippen LogP contribution in [-0.4, -0.2) is 40.1 Å². The summed E-state index contributed by atoms with van der Waals surface area (Å²) in [5.74, 6) is 0.967. The lowest BCUT2D eigenvalue weighted by atomic mass is 10.1. The van der Waals surface area contributed by atoms with Crippen molar-refractivity contribution < 1.29 is 17.4 Å². The Balaban J connectivity index is 2.03. The van der Waals surface area contributed by atoms with Gasteiger partial charge >= 0.3 is 5.51 Å². The van der Waals surface area contributed by atoms with Crippen LogP contribution in [0.4, 0.5) is 13.2 Å². The lowest BCUT2D eigenvalue weighted by molar-refractivity contribution is -0.0326. The zero-order valence-corrected chi connectivity index (χ0v) is 9.10. The van der Waals surface area contributed by atoms with E-state index in [-0.39, 0.29) is 23.3 Å². The first-order valence-electron chi connectivity index (χ1n) is 4.24. The van der Waals surface area contributed by atoms with Gasteiger partial charge in [-0.15, -0.1) is 0 Å². The summed E-state index contributed by atoms with van der Waals surface area (Å²) in [6.45, 7) is 1.69. The van der Waals surface area contributed by atoms with Gasteiger partial charge in [0.05, 0.1) is 0 Å². The zero-order valence-electron chi connectivity index (χ0n) is 7.47. The summed E-state index contributed by atoms with van der Waals surface area (Å²) in [5, 5.41) is 3.03. The first-order valence-corrected chi connectivity index (χ1v) is 6.71. The largest absolute Gasteiger partial charge is 0.441 e. The molecule has 1 saturated heterocycles. The third-order valence-electron chi connectivity index (χ3n) is 1.86. The molecule has 0 aromatic rings. The summed E-state index contributed by atoms with van der Waals surface area (Å²) in [6.07, 6.45) is 0. The molecule has 0 saturated carbocycles. The maximum atomic E-state index is 11.7. The van der Waals surface area contributed by atoms with E-state index in [0.29, 0.717) is 11.7 Å². The summed E-state index contributed by atoms with van der Waals surface area (Å²) in [7, 11) is -1.09. The quantitative estimate of drug-likeness (QED) is 0.791. The van der Waals surface area contributed by atoms with Crippen molar-refractivity contribution in [3.05, 3.63) is 0 Å². The predicted octanol–water partition coefficient (Wildman–Crippen LogP) is 1.21. The van der Waals surface area contributed by atoms with E-state index in [4.69, 9.17) is 0 Å². The maximum absolute atomic E-state index is 11.7. The maximum Gasteiger partial charge on any atom is 0.441 e. The van der Waals surface area contributed by atoms with Gasteiger partial charge in [0.1, 0.15) is 0 Å². The zero-order chi connectivity index (χ0) is 10.6. The fourth-order valence-electron chi connectivity index (χ4n) is 1.06. The Labute approximate surface area is 87.5 Å². The van der Waals surface area contributed by atoms with Gasteiger partial charge in [-0.05, 0) is 5.92 Å². The van der Waals surface area contributed by atoms with Gasteiger partial charge in [0.2, 0.25) is 0 Å². The Bertz CT molecular complexity index is 206. The van der Waals surface area contributed by atoms with Crippen molar-refractivity contribution in [3.8, 4) is 0 Å². The number of hydrogen-bond donors (Lipinski definition) is 1. The smallest absolute Gasteiger partial charge is 0.316 e. The SMILES string of the molecule is O=S(CCSC(F)(F)F)CC1CNC1. The van der Waals surface area contributed by atoms with E-state index in [2.05, 4.69) is 5.32 Å². The number of hydrogen-bond acceptors (Lipinski definition) is 3. The van der Waals surface area contributed by atoms with Crippen LogP contribution in [0.3, 0.4) is 0 Å². The van der Waals surface area contributed by atoms with E-state index in [1.165, 1.54) is 0 Å². The van der Waals surface area contributed by atoms with Crippen molar-refractivity contribution in [2.75, 3.05) is 30.3 Å². The molecule has 84 valence electrons. The Kier molecular flexibility index (Phi) is 4.72. The molecule has 7 heteroatoms. The topological polar surface area (TPSA) is 29.1 Å². The molecule has 1 rings (SSSR count). The van der Waals surface area contributed by atoms with Gasteiger partial charge in [-0.25, -0.2) is 0 Å². The summed E-state index contributed by atoms with van der Waals surface area (Å²) in [4.78, 5) is 0. The second-order valence-corrected chi connectivity index (χ2v) is 5.91. The number of halogens is 3. The van der Waals surface area contributed by atoms with Gasteiger partial charge in [0.25, 0.3) is 0 Å². The van der Waals surface area contributed by atoms with Crippen molar-refractivity contribution >= 4 is 22.6 Å². The lowest BCUT2D eigenvalue weighted by Gasteiger charge is -2.26. The van der Waals surface area contributed by atoms with Crippen molar-refractivity contribution in [1.29, 1.82) is 0 Å². The highest BCUT2D eigenvalue weighted by Crippen LogP contribution is 2.29. The summed E-state index contributed by atoms with van der Waals surface area (Å²) >= 11 is -0.0941. The fraction of sp³-hybridized carbons (Fsp3) is 1.00. The second-order valence-electron chi connectivity index (χ2n) is 3.13. The minimum Gasteiger partial charge on any atom is -0.316 e. The van der Waals surface area contributed by atoms with Crippen molar-refractivity contribution in [3.63, 3.8) is 0 Å². The monoisotopic (exact) mass is 247 g/mol. The van der Waals surface area contributed by atoms with E-state index < -0.39 is 16.3 Å². The van der Waals surface area contributed by atoms with Crippen LogP contribution in [0.5, 0.6) is 0 Å². The van der Waals surface area contributed by atoms with Crippen LogP contribution in [0.25, 0.3) is 0 Å². The van der Waals surface area contributed by atoms with E-state index in [9.17, 15) is 17.4 Å². The highest BCUT2D eigenvalue weighted by molar-refractivity contribution is 8.00. The highest BCUT2D eigenvalue weighted by atomic mass is 32.2. The van der Waals surface area contributed by atoms with E-state index >= 15 is 0 Å². The number of rotatable bonds is 5. The molecule has 0 radical (unpaired) electrons. The third-order valence-corrected chi connectivity index (χ3v) is 4.36. The predicted molar refractivity (Wildman–Crippen MR) is 52.7 cm³/mol. The molecule has 1 heterocycles. The molecular formula is C7H12F3NOS2. The lowest BCUT2D eigenvalue weighted by Crippen LogP contribution is -2.45. The van der Waals surface area contributed by atoms with Gasteiger partial charge < -0.3 is 5.32 Å². The molecule has 0 spiro atoms. The molecule has 2 nitrogen and oxygen atoms in total. The first kappa shape index (κ1) is 12.3. The second kappa shape index (κ2) is 5.37. The minimum absolute atomic E-state index is 0.0941. The average molecular weight is 247 g/mol. The molecule has 0 bridgehead atoms. The summed E-state index contributed by atoms with van der Waals surface area (Å²) in [5.41, 5.74) is -4.19. The van der Waals surface area contributed by atoms with Crippen LogP contribution in [-0.2, 0) is 10.8 Å². The van der Waals surface area contributed by atoms with Crippen LogP contribution in [0.2, 0.25) is 0 Å². The van der Waals surface area contributed by atoms with E-state index in [0.717, 1.165) is 13.1 Å². The Morgan fingerprint density at radius 3 is 2.50 bits per heavy atom. The number of nitrogens with one attached hydrogen (secondary N) is 1. The van der Waals surface area contributed by atoms with Gasteiger partial charge in [-0.3, -0.25) is 4.21 Å². The van der Waals surface area contributed by atoms with Gasteiger partial charge in [-0.2, -0.15) is 13.2 Å². The van der Waals surface area contributed by atoms with Crippen LogP contribution in [0, 0.1) is 5.92 Å². The molecule has 1 unspecified atom stereocenters. The molecule has 14 heavy (non-hydrogen) atoms. The first-order chi connectivity index (χ1) is 6.47. The Morgan fingerprint density at radius 2 is 2.07 bits per heavy atom. The van der Waals surface area contributed by atoms with Gasteiger partial charge in [0, 0.05) is 41.1 Å². The summed E-state index contributed by atoms with van der Waals surface area (Å²) in [6, 6.07) is 0. The van der Waals surface area contributed by atoms with Crippen LogP contribution >= 0.6 is 11.8 Å². The van der Waals surface area contributed by atoms with Crippen molar-refractivity contribution in [2.45, 2.75) is 5.51 Å². The van der Waals surface area contributed by atoms with Crippen LogP contribution < -0.4 is 5.32 Å². The van der Waals surface area contributed by atoms with Crippen molar-refractivity contribution in [2.24, 2.45) is 5.92 Å². The van der Waals surface area contributed by atoms with E-state index in [1.807, 2.05) is 0 Å². The minimum atomic E-state index is -4.19. The highest BCUT2D eigenvalue weighted by Gasteiger charge is 2.28. The van der Waals surface area contributed by atoms with Crippen molar-refractivity contribution in [1.82, 2.24) is 5.32 Å². The molecule has 0 aromatic heterocycles. The van der Waals surface area contributed by atoms with Crippen LogP contribution in [0.1, 0.15) is 0 Å². The van der Waals surface area contributed by atoms with E-state index in [1.54, 1.807) is 0 Å². The third kappa shape index (κ3) is 5.21. The van der Waals surface area contributed by atoms with Gasteiger partial charge in [-0.1, -0.05) is 11.8 Å². The molecule has 1 aliphatic heterocycles. The fourth-order valence-corrected chi connectivity index (χ4v) is 3.30. The molecule has 1 atom stereocenters. The Hall–Kier alpha value is 0.250. The number of alkyl halides is 3. The van der Waals surface area contributed by atoms with Crippen LogP contribution in [0.15, 0.2) is 0 Å². The average Bonchev–Trinajstić information content (AvgIpc) is 1.94. The molecule has 1 fully saturated rings. The molecule has 0 aromatic carbocycles.